The van der Waals surface area contributed by atoms with Gasteiger partial charge in [0.05, 0.1) is 22.7 Å². The molecule has 1 aromatic heterocycles. The third kappa shape index (κ3) is 3.80. The summed E-state index contributed by atoms with van der Waals surface area (Å²) < 4.78 is 24.2. The van der Waals surface area contributed by atoms with Crippen LogP contribution in [0.2, 0.25) is 0 Å². The van der Waals surface area contributed by atoms with E-state index in [2.05, 4.69) is 28.7 Å². The first kappa shape index (κ1) is 17.7. The zero-order chi connectivity index (χ0) is 17.9. The van der Waals surface area contributed by atoms with Crippen molar-refractivity contribution in [1.82, 2.24) is 15.5 Å². The Balaban J connectivity index is 2.44. The molecule has 2 N–H and O–H groups in total. The number of carbonyl (C=O) groups is 1. The molecule has 1 atom stereocenters. The second kappa shape index (κ2) is 6.84. The van der Waals surface area contributed by atoms with Crippen molar-refractivity contribution in [3.8, 4) is 11.1 Å². The van der Waals surface area contributed by atoms with Crippen molar-refractivity contribution in [3.63, 3.8) is 0 Å². The molecule has 0 saturated carbocycles. The van der Waals surface area contributed by atoms with Crippen molar-refractivity contribution in [1.29, 1.82) is 0 Å². The maximum atomic E-state index is 12.5. The number of aromatic amines is 1. The van der Waals surface area contributed by atoms with Gasteiger partial charge in [0.2, 0.25) is 0 Å². The Morgan fingerprint density at radius 3 is 2.62 bits per heavy atom. The van der Waals surface area contributed by atoms with Crippen molar-refractivity contribution in [3.05, 3.63) is 61.0 Å². The Hall–Kier alpha value is -2.67. The number of amides is 1. The molecule has 0 aliphatic rings. The quantitative estimate of drug-likeness (QED) is 0.786. The number of sulfone groups is 1. The molecule has 1 amide bonds. The SMILES string of the molecule is C=CC(=C)C(C)NC(=O)c1ccc(-c2cn[nH]c2)cc1S(C)(=O)=O. The van der Waals surface area contributed by atoms with Crippen LogP contribution in [0, 0.1) is 0 Å². The predicted octanol–water partition coefficient (Wildman–Crippen LogP) is 2.34. The molecule has 0 saturated heterocycles. The molecule has 0 bridgehead atoms. The number of hydrogen-bond donors (Lipinski definition) is 2. The Labute approximate surface area is 141 Å². The number of H-pyrrole nitrogens is 1. The van der Waals surface area contributed by atoms with Gasteiger partial charge in [0.15, 0.2) is 9.84 Å². The zero-order valence-electron chi connectivity index (χ0n) is 13.5. The second-order valence-corrected chi connectivity index (χ2v) is 7.43. The van der Waals surface area contributed by atoms with Gasteiger partial charge in [0, 0.05) is 18.0 Å². The Morgan fingerprint density at radius 2 is 2.08 bits per heavy atom. The Bertz CT molecular complexity index is 884. The van der Waals surface area contributed by atoms with Crippen LogP contribution in [-0.2, 0) is 9.84 Å². The van der Waals surface area contributed by atoms with Crippen LogP contribution in [-0.4, -0.2) is 36.8 Å². The predicted molar refractivity (Wildman–Crippen MR) is 93.4 cm³/mol. The van der Waals surface area contributed by atoms with Crippen LogP contribution in [0.25, 0.3) is 11.1 Å². The summed E-state index contributed by atoms with van der Waals surface area (Å²) in [6, 6.07) is 4.30. The fourth-order valence-electron chi connectivity index (χ4n) is 2.15. The lowest BCUT2D eigenvalue weighted by Gasteiger charge is -2.16. The summed E-state index contributed by atoms with van der Waals surface area (Å²) in [4.78, 5) is 12.4. The monoisotopic (exact) mass is 345 g/mol. The second-order valence-electron chi connectivity index (χ2n) is 5.44. The van der Waals surface area contributed by atoms with E-state index in [-0.39, 0.29) is 16.5 Å². The summed E-state index contributed by atoms with van der Waals surface area (Å²) in [7, 11) is -3.59. The average Bonchev–Trinajstić information content (AvgIpc) is 3.06. The van der Waals surface area contributed by atoms with Crippen molar-refractivity contribution >= 4 is 15.7 Å². The van der Waals surface area contributed by atoms with E-state index in [1.807, 2.05) is 0 Å². The molecule has 0 spiro atoms. The van der Waals surface area contributed by atoms with Crippen molar-refractivity contribution in [2.75, 3.05) is 6.26 Å². The zero-order valence-corrected chi connectivity index (χ0v) is 14.4. The molecule has 2 rings (SSSR count). The first-order valence-electron chi connectivity index (χ1n) is 7.19. The van der Waals surface area contributed by atoms with Crippen LogP contribution in [0.4, 0.5) is 0 Å². The number of carbonyl (C=O) groups excluding carboxylic acids is 1. The highest BCUT2D eigenvalue weighted by atomic mass is 32.2. The topological polar surface area (TPSA) is 91.9 Å². The molecule has 2 aromatic rings. The smallest absolute Gasteiger partial charge is 0.253 e. The van der Waals surface area contributed by atoms with Crippen LogP contribution in [0.5, 0.6) is 0 Å². The Kier molecular flexibility index (Phi) is 5.04. The minimum atomic E-state index is -3.59. The van der Waals surface area contributed by atoms with Gasteiger partial charge in [0.25, 0.3) is 5.91 Å². The highest BCUT2D eigenvalue weighted by molar-refractivity contribution is 7.90. The molecule has 126 valence electrons. The summed E-state index contributed by atoms with van der Waals surface area (Å²) in [6.45, 7) is 9.13. The molecule has 0 fully saturated rings. The fourth-order valence-corrected chi connectivity index (χ4v) is 3.05. The van der Waals surface area contributed by atoms with E-state index < -0.39 is 15.7 Å². The van der Waals surface area contributed by atoms with Crippen LogP contribution >= 0.6 is 0 Å². The molecule has 0 aliphatic heterocycles. The standard InChI is InChI=1S/C17H19N3O3S/c1-5-11(2)12(3)20-17(21)15-7-6-13(14-9-18-19-10-14)8-16(15)24(4,22)23/h5-10,12H,1-2H2,3-4H3,(H,18,19)(H,20,21). The molecular formula is C17H19N3O3S. The Morgan fingerprint density at radius 1 is 1.38 bits per heavy atom. The van der Waals surface area contributed by atoms with Gasteiger partial charge in [-0.2, -0.15) is 5.10 Å². The van der Waals surface area contributed by atoms with Gasteiger partial charge in [-0.1, -0.05) is 25.3 Å². The average molecular weight is 345 g/mol. The third-order valence-corrected chi connectivity index (χ3v) is 4.76. The minimum Gasteiger partial charge on any atom is -0.346 e. The normalized spacial score (nSPS) is 12.4. The van der Waals surface area contributed by atoms with Gasteiger partial charge in [-0.15, -0.1) is 0 Å². The highest BCUT2D eigenvalue weighted by Gasteiger charge is 2.21. The van der Waals surface area contributed by atoms with Crippen LogP contribution < -0.4 is 5.32 Å². The largest absolute Gasteiger partial charge is 0.346 e. The highest BCUT2D eigenvalue weighted by Crippen LogP contribution is 2.25. The van der Waals surface area contributed by atoms with E-state index >= 15 is 0 Å². The molecule has 1 aromatic carbocycles. The summed E-state index contributed by atoms with van der Waals surface area (Å²) in [5.74, 6) is -0.482. The van der Waals surface area contributed by atoms with Crippen LogP contribution in [0.1, 0.15) is 17.3 Å². The summed E-state index contributed by atoms with van der Waals surface area (Å²) in [5, 5.41) is 9.24. The molecule has 0 aliphatic carbocycles. The van der Waals surface area contributed by atoms with Gasteiger partial charge >= 0.3 is 0 Å². The molecule has 1 unspecified atom stereocenters. The van der Waals surface area contributed by atoms with E-state index in [1.54, 1.807) is 31.5 Å². The number of rotatable bonds is 6. The number of benzene rings is 1. The van der Waals surface area contributed by atoms with E-state index in [0.717, 1.165) is 11.8 Å². The first-order chi connectivity index (χ1) is 11.2. The maximum absolute atomic E-state index is 12.5. The van der Waals surface area contributed by atoms with Crippen molar-refractivity contribution < 1.29 is 13.2 Å². The van der Waals surface area contributed by atoms with Gasteiger partial charge in [-0.05, 0) is 30.2 Å². The van der Waals surface area contributed by atoms with Gasteiger partial charge < -0.3 is 5.32 Å². The van der Waals surface area contributed by atoms with Crippen molar-refractivity contribution in [2.45, 2.75) is 17.9 Å². The van der Waals surface area contributed by atoms with E-state index in [4.69, 9.17) is 0 Å². The molecule has 7 heteroatoms. The molecule has 6 nitrogen and oxygen atoms in total. The van der Waals surface area contributed by atoms with Gasteiger partial charge in [0.1, 0.15) is 0 Å². The lowest BCUT2D eigenvalue weighted by molar-refractivity contribution is 0.0942. The maximum Gasteiger partial charge on any atom is 0.253 e. The summed E-state index contributed by atoms with van der Waals surface area (Å²) in [6.07, 6.45) is 5.85. The third-order valence-electron chi connectivity index (χ3n) is 3.62. The molecule has 24 heavy (non-hydrogen) atoms. The van der Waals surface area contributed by atoms with Crippen molar-refractivity contribution in [2.24, 2.45) is 0 Å². The van der Waals surface area contributed by atoms with E-state index in [9.17, 15) is 13.2 Å². The number of nitrogens with zero attached hydrogens (tertiary/aromatic N) is 1. The molecule has 1 heterocycles. The van der Waals surface area contributed by atoms with Gasteiger partial charge in [-0.25, -0.2) is 8.42 Å². The molecular weight excluding hydrogens is 326 g/mol. The summed E-state index contributed by atoms with van der Waals surface area (Å²) >= 11 is 0. The van der Waals surface area contributed by atoms with Crippen LogP contribution in [0.3, 0.4) is 0 Å². The number of hydrogen-bond acceptors (Lipinski definition) is 4. The number of aromatic nitrogens is 2. The van der Waals surface area contributed by atoms with E-state index in [1.165, 1.54) is 12.1 Å². The fraction of sp³-hybridized carbons (Fsp3) is 0.176. The van der Waals surface area contributed by atoms with Gasteiger partial charge in [-0.3, -0.25) is 9.89 Å². The lowest BCUT2D eigenvalue weighted by atomic mass is 10.1. The number of nitrogens with one attached hydrogen (secondary N) is 2. The van der Waals surface area contributed by atoms with Crippen LogP contribution in [0.15, 0.2) is 60.3 Å². The lowest BCUT2D eigenvalue weighted by Crippen LogP contribution is -2.34. The summed E-state index contributed by atoms with van der Waals surface area (Å²) in [5.41, 5.74) is 2.12. The minimum absolute atomic E-state index is 0.0323. The van der Waals surface area contributed by atoms with E-state index in [0.29, 0.717) is 11.1 Å². The molecule has 0 radical (unpaired) electrons. The first-order valence-corrected chi connectivity index (χ1v) is 9.08.